The molecular formula is C58H40N2O. The molecule has 11 rings (SSSR count). The molecule has 0 saturated heterocycles. The number of hydrogen-bond donors (Lipinski definition) is 0. The number of para-hydroxylation sites is 2. The zero-order chi connectivity index (χ0) is 40.5. The summed E-state index contributed by atoms with van der Waals surface area (Å²) in [5, 5.41) is 4.40. The summed E-state index contributed by atoms with van der Waals surface area (Å²) in [7, 11) is 0. The highest BCUT2D eigenvalue weighted by Gasteiger charge is 2.26. The molecule has 0 radical (unpaired) electrons. The van der Waals surface area contributed by atoms with E-state index in [1.807, 2.05) is 0 Å². The topological polar surface area (TPSA) is 19.6 Å². The van der Waals surface area contributed by atoms with Crippen molar-refractivity contribution in [3.8, 4) is 33.4 Å². The van der Waals surface area contributed by atoms with Crippen molar-refractivity contribution in [2.24, 2.45) is 0 Å². The largest absolute Gasteiger partial charge is 0.454 e. The lowest BCUT2D eigenvalue weighted by molar-refractivity contribution is 0.669. The summed E-state index contributed by atoms with van der Waals surface area (Å²) in [6.45, 7) is 0. The summed E-state index contributed by atoms with van der Waals surface area (Å²) in [4.78, 5) is 4.71. The van der Waals surface area contributed by atoms with Gasteiger partial charge in [-0.25, -0.2) is 0 Å². The second kappa shape index (κ2) is 15.6. The first kappa shape index (κ1) is 36.0. The molecule has 0 spiro atoms. The summed E-state index contributed by atoms with van der Waals surface area (Å²) < 4.78 is 7.19. The van der Waals surface area contributed by atoms with Crippen LogP contribution >= 0.6 is 0 Å². The van der Waals surface area contributed by atoms with Crippen LogP contribution in [0.3, 0.4) is 0 Å². The number of nitrogens with zero attached hydrogens (tertiary/aromatic N) is 2. The van der Waals surface area contributed by atoms with Gasteiger partial charge in [0, 0.05) is 28.1 Å². The fourth-order valence-corrected chi connectivity index (χ4v) is 8.74. The Morgan fingerprint density at radius 2 is 0.738 bits per heavy atom. The second-order valence-electron chi connectivity index (χ2n) is 15.3. The molecule has 61 heavy (non-hydrogen) atoms. The third-order valence-corrected chi connectivity index (χ3v) is 11.6. The highest BCUT2D eigenvalue weighted by atomic mass is 16.3. The Balaban J connectivity index is 1.18. The lowest BCUT2D eigenvalue weighted by Crippen LogP contribution is -2.13. The first-order valence-electron chi connectivity index (χ1n) is 20.8. The zero-order valence-corrected chi connectivity index (χ0v) is 33.4. The molecule has 1 heterocycles. The zero-order valence-electron chi connectivity index (χ0n) is 33.4. The lowest BCUT2D eigenvalue weighted by Gasteiger charge is -2.29. The molecule has 0 aliphatic rings. The third kappa shape index (κ3) is 6.69. The number of rotatable bonds is 9. The molecule has 11 aromatic rings. The van der Waals surface area contributed by atoms with Crippen molar-refractivity contribution in [3.05, 3.63) is 243 Å². The SMILES string of the molecule is c1ccc(-c2ccc(N(c3ccccc3)c3ccc(N(c4ccccc4)c4ccc(-c5ccccc5)c(-c5ccccc5)c4)c4oc5cc6ccccc6cc5c34)cc2)cc1. The van der Waals surface area contributed by atoms with Crippen molar-refractivity contribution in [1.82, 2.24) is 0 Å². The van der Waals surface area contributed by atoms with Crippen LogP contribution in [0.5, 0.6) is 0 Å². The Labute approximate surface area is 355 Å². The van der Waals surface area contributed by atoms with E-state index in [4.69, 9.17) is 4.42 Å². The van der Waals surface area contributed by atoms with Gasteiger partial charge in [-0.2, -0.15) is 0 Å². The summed E-state index contributed by atoms with van der Waals surface area (Å²) >= 11 is 0. The minimum atomic E-state index is 0.807. The third-order valence-electron chi connectivity index (χ3n) is 11.6. The van der Waals surface area contributed by atoms with Crippen molar-refractivity contribution < 1.29 is 4.42 Å². The second-order valence-corrected chi connectivity index (χ2v) is 15.3. The molecule has 0 saturated carbocycles. The molecule has 10 aromatic carbocycles. The summed E-state index contributed by atoms with van der Waals surface area (Å²) in [5.41, 5.74) is 14.8. The maximum absolute atomic E-state index is 7.19. The Morgan fingerprint density at radius 1 is 0.295 bits per heavy atom. The molecule has 0 bridgehead atoms. The van der Waals surface area contributed by atoms with E-state index in [0.717, 1.165) is 78.0 Å². The van der Waals surface area contributed by atoms with Crippen LogP contribution in [0.4, 0.5) is 34.1 Å². The van der Waals surface area contributed by atoms with Crippen LogP contribution in [-0.4, -0.2) is 0 Å². The van der Waals surface area contributed by atoms with E-state index in [-0.39, 0.29) is 0 Å². The molecule has 0 atom stereocenters. The van der Waals surface area contributed by atoms with E-state index in [0.29, 0.717) is 0 Å². The molecule has 1 aromatic heterocycles. The van der Waals surface area contributed by atoms with Crippen molar-refractivity contribution in [2.45, 2.75) is 0 Å². The van der Waals surface area contributed by atoms with Crippen LogP contribution in [-0.2, 0) is 0 Å². The van der Waals surface area contributed by atoms with Crippen LogP contribution in [0.15, 0.2) is 247 Å². The van der Waals surface area contributed by atoms with Crippen molar-refractivity contribution in [3.63, 3.8) is 0 Å². The predicted molar refractivity (Wildman–Crippen MR) is 257 cm³/mol. The summed E-state index contributed by atoms with van der Waals surface area (Å²) in [6.07, 6.45) is 0. The average Bonchev–Trinajstić information content (AvgIpc) is 3.72. The fourth-order valence-electron chi connectivity index (χ4n) is 8.74. The van der Waals surface area contributed by atoms with Crippen molar-refractivity contribution in [2.75, 3.05) is 9.80 Å². The molecule has 3 nitrogen and oxygen atoms in total. The normalized spacial score (nSPS) is 11.3. The molecule has 3 heteroatoms. The van der Waals surface area contributed by atoms with E-state index in [1.165, 1.54) is 22.3 Å². The molecule has 0 fully saturated rings. The summed E-state index contributed by atoms with van der Waals surface area (Å²) in [6, 6.07) is 86.4. The van der Waals surface area contributed by atoms with Gasteiger partial charge < -0.3 is 14.2 Å². The Bertz CT molecular complexity index is 3270. The van der Waals surface area contributed by atoms with Gasteiger partial charge in [0.1, 0.15) is 5.58 Å². The molecule has 0 unspecified atom stereocenters. The van der Waals surface area contributed by atoms with Gasteiger partial charge in [0.25, 0.3) is 0 Å². The summed E-state index contributed by atoms with van der Waals surface area (Å²) in [5.74, 6) is 0. The van der Waals surface area contributed by atoms with Crippen molar-refractivity contribution in [1.29, 1.82) is 0 Å². The maximum Gasteiger partial charge on any atom is 0.161 e. The van der Waals surface area contributed by atoms with Crippen LogP contribution < -0.4 is 9.80 Å². The van der Waals surface area contributed by atoms with E-state index in [1.54, 1.807) is 0 Å². The van der Waals surface area contributed by atoms with E-state index < -0.39 is 0 Å². The van der Waals surface area contributed by atoms with Gasteiger partial charge in [0.2, 0.25) is 0 Å². The van der Waals surface area contributed by atoms with Gasteiger partial charge in [-0.3, -0.25) is 0 Å². The monoisotopic (exact) mass is 780 g/mol. The lowest BCUT2D eigenvalue weighted by atomic mass is 9.93. The Hall–Kier alpha value is -8.14. The highest BCUT2D eigenvalue weighted by Crippen LogP contribution is 2.50. The Morgan fingerprint density at radius 3 is 1.34 bits per heavy atom. The van der Waals surface area contributed by atoms with Gasteiger partial charge in [0.05, 0.1) is 16.8 Å². The number of anilines is 6. The van der Waals surface area contributed by atoms with Gasteiger partial charge in [-0.1, -0.05) is 170 Å². The highest BCUT2D eigenvalue weighted by molar-refractivity contribution is 6.20. The predicted octanol–water partition coefficient (Wildman–Crippen LogP) is 16.7. The number of fused-ring (bicyclic) bond motifs is 4. The van der Waals surface area contributed by atoms with E-state index in [2.05, 4.69) is 252 Å². The Kier molecular flexibility index (Phi) is 9.18. The number of furan rings is 1. The van der Waals surface area contributed by atoms with Gasteiger partial charge in [-0.15, -0.1) is 0 Å². The van der Waals surface area contributed by atoms with Crippen molar-refractivity contribution >= 4 is 66.8 Å². The van der Waals surface area contributed by atoms with Crippen LogP contribution in [0.1, 0.15) is 0 Å². The standard InChI is InChI=1S/C58H40N2O/c1-6-18-41(19-7-1)42-30-32-49(33-31-42)59(47-26-12-4-13-27-47)54-36-37-55(58-57(54)53-38-45-24-16-17-25-46(45)39-56(53)61-58)60(48-28-14-5-15-29-48)50-34-35-51(43-20-8-2-9-21-43)52(40-50)44-22-10-3-11-23-44/h1-40H. The minimum absolute atomic E-state index is 0.807. The molecule has 0 N–H and O–H groups in total. The molecule has 0 amide bonds. The quantitative estimate of drug-likeness (QED) is 0.145. The fraction of sp³-hybridized carbons (Fsp3) is 0. The van der Waals surface area contributed by atoms with Gasteiger partial charge >= 0.3 is 0 Å². The van der Waals surface area contributed by atoms with Crippen LogP contribution in [0.25, 0.3) is 66.1 Å². The smallest absolute Gasteiger partial charge is 0.161 e. The minimum Gasteiger partial charge on any atom is -0.454 e. The van der Waals surface area contributed by atoms with Crippen LogP contribution in [0, 0.1) is 0 Å². The molecule has 0 aliphatic carbocycles. The molecule has 288 valence electrons. The first-order chi connectivity index (χ1) is 30.3. The van der Waals surface area contributed by atoms with Gasteiger partial charge in [-0.05, 0) is 117 Å². The van der Waals surface area contributed by atoms with E-state index >= 15 is 0 Å². The number of hydrogen-bond acceptors (Lipinski definition) is 3. The number of benzene rings is 10. The molecular weight excluding hydrogens is 741 g/mol. The molecule has 0 aliphatic heterocycles. The average molecular weight is 781 g/mol. The van der Waals surface area contributed by atoms with E-state index in [9.17, 15) is 0 Å². The first-order valence-corrected chi connectivity index (χ1v) is 20.8. The van der Waals surface area contributed by atoms with Gasteiger partial charge in [0.15, 0.2) is 5.58 Å². The van der Waals surface area contributed by atoms with Crippen LogP contribution in [0.2, 0.25) is 0 Å². The maximum atomic E-state index is 7.19.